The summed E-state index contributed by atoms with van der Waals surface area (Å²) in [4.78, 5) is 13.0. The number of carboxylic acid groups (broad SMARTS) is 1. The fourth-order valence-corrected chi connectivity index (χ4v) is 2.08. The molecule has 0 radical (unpaired) electrons. The molecule has 5 nitrogen and oxygen atoms in total. The van der Waals surface area contributed by atoms with Gasteiger partial charge < -0.3 is 20.5 Å². The zero-order valence-corrected chi connectivity index (χ0v) is 10.1. The fourth-order valence-electron chi connectivity index (χ4n) is 2.08. The first kappa shape index (κ1) is 13.4. The molecule has 1 unspecified atom stereocenters. The Bertz CT molecular complexity index is 235. The molecule has 1 aliphatic rings. The summed E-state index contributed by atoms with van der Waals surface area (Å²) in [7, 11) is 1.72. The molecule has 0 aromatic heterocycles. The van der Waals surface area contributed by atoms with Crippen LogP contribution in [0.1, 0.15) is 19.8 Å². The van der Waals surface area contributed by atoms with E-state index < -0.39 is 11.5 Å². The van der Waals surface area contributed by atoms with Crippen LogP contribution < -0.4 is 5.73 Å². The third-order valence-electron chi connectivity index (χ3n) is 3.15. The first-order valence-corrected chi connectivity index (χ1v) is 5.69. The first-order valence-electron chi connectivity index (χ1n) is 5.69. The monoisotopic (exact) mass is 230 g/mol. The average molecular weight is 230 g/mol. The third kappa shape index (κ3) is 3.73. The topological polar surface area (TPSA) is 75.8 Å². The molecule has 1 atom stereocenters. The minimum absolute atomic E-state index is 0.419. The van der Waals surface area contributed by atoms with E-state index in [2.05, 4.69) is 4.90 Å². The molecular formula is C11H22N2O3. The summed E-state index contributed by atoms with van der Waals surface area (Å²) >= 11 is 0. The minimum atomic E-state index is -1.14. The van der Waals surface area contributed by atoms with Crippen LogP contribution in [-0.2, 0) is 9.53 Å². The van der Waals surface area contributed by atoms with Crippen molar-refractivity contribution in [3.05, 3.63) is 0 Å². The van der Waals surface area contributed by atoms with Gasteiger partial charge >= 0.3 is 5.97 Å². The van der Waals surface area contributed by atoms with E-state index in [0.29, 0.717) is 12.5 Å². The van der Waals surface area contributed by atoms with Gasteiger partial charge in [0.2, 0.25) is 0 Å². The molecule has 1 fully saturated rings. The van der Waals surface area contributed by atoms with Gasteiger partial charge in [0.1, 0.15) is 5.54 Å². The van der Waals surface area contributed by atoms with Crippen molar-refractivity contribution in [3.8, 4) is 0 Å². The molecule has 94 valence electrons. The SMILES string of the molecule is COCC1CCN(CC(C)(N)C(=O)O)CC1. The van der Waals surface area contributed by atoms with Gasteiger partial charge in [-0.25, -0.2) is 0 Å². The molecule has 1 aliphatic heterocycles. The number of hydrogen-bond donors (Lipinski definition) is 2. The molecule has 0 aromatic rings. The number of hydrogen-bond acceptors (Lipinski definition) is 4. The lowest BCUT2D eigenvalue weighted by molar-refractivity contribution is -0.143. The number of piperidine rings is 1. The Kier molecular flexibility index (Phi) is 4.70. The van der Waals surface area contributed by atoms with Gasteiger partial charge in [-0.15, -0.1) is 0 Å². The number of carbonyl (C=O) groups is 1. The molecule has 5 heteroatoms. The predicted molar refractivity (Wildman–Crippen MR) is 61.3 cm³/mol. The van der Waals surface area contributed by atoms with Crippen LogP contribution in [0.15, 0.2) is 0 Å². The first-order chi connectivity index (χ1) is 7.45. The van der Waals surface area contributed by atoms with Crippen molar-refractivity contribution in [2.24, 2.45) is 11.7 Å². The van der Waals surface area contributed by atoms with Crippen LogP contribution in [-0.4, -0.2) is 54.9 Å². The van der Waals surface area contributed by atoms with E-state index in [1.807, 2.05) is 0 Å². The highest BCUT2D eigenvalue weighted by Gasteiger charge is 2.31. The molecule has 0 aliphatic carbocycles. The second kappa shape index (κ2) is 5.61. The number of likely N-dealkylation sites (tertiary alicyclic amines) is 1. The number of nitrogens with two attached hydrogens (primary N) is 1. The van der Waals surface area contributed by atoms with Gasteiger partial charge in [0.15, 0.2) is 0 Å². The molecule has 1 saturated heterocycles. The Balaban J connectivity index is 2.34. The maximum atomic E-state index is 10.9. The molecular weight excluding hydrogens is 208 g/mol. The van der Waals surface area contributed by atoms with Crippen molar-refractivity contribution in [3.63, 3.8) is 0 Å². The smallest absolute Gasteiger partial charge is 0.324 e. The largest absolute Gasteiger partial charge is 0.480 e. The standard InChI is InChI=1S/C11H22N2O3/c1-11(12,10(14)15)8-13-5-3-9(4-6-13)7-16-2/h9H,3-8,12H2,1-2H3,(H,14,15). The van der Waals surface area contributed by atoms with E-state index in [1.54, 1.807) is 14.0 Å². The summed E-state index contributed by atoms with van der Waals surface area (Å²) in [5.41, 5.74) is 4.57. The van der Waals surface area contributed by atoms with Crippen molar-refractivity contribution in [1.82, 2.24) is 4.90 Å². The summed E-state index contributed by atoms with van der Waals surface area (Å²) in [6.07, 6.45) is 2.12. The predicted octanol–water partition coefficient (Wildman–Crippen LogP) is 0.147. The molecule has 0 amide bonds. The van der Waals surface area contributed by atoms with Gasteiger partial charge in [0.05, 0.1) is 0 Å². The fraction of sp³-hybridized carbons (Fsp3) is 0.909. The Labute approximate surface area is 96.6 Å². The highest BCUT2D eigenvalue weighted by molar-refractivity contribution is 5.78. The Hall–Kier alpha value is -0.650. The van der Waals surface area contributed by atoms with Gasteiger partial charge in [-0.05, 0) is 38.8 Å². The zero-order valence-electron chi connectivity index (χ0n) is 10.1. The van der Waals surface area contributed by atoms with Crippen LogP contribution in [0.5, 0.6) is 0 Å². The van der Waals surface area contributed by atoms with Crippen molar-refractivity contribution < 1.29 is 14.6 Å². The lowest BCUT2D eigenvalue weighted by Gasteiger charge is -2.35. The van der Waals surface area contributed by atoms with Crippen molar-refractivity contribution >= 4 is 5.97 Å². The van der Waals surface area contributed by atoms with Gasteiger partial charge in [-0.3, -0.25) is 4.79 Å². The normalized spacial score (nSPS) is 22.9. The Morgan fingerprint density at radius 1 is 1.56 bits per heavy atom. The Morgan fingerprint density at radius 3 is 2.56 bits per heavy atom. The van der Waals surface area contributed by atoms with E-state index in [4.69, 9.17) is 15.6 Å². The lowest BCUT2D eigenvalue weighted by atomic mass is 9.95. The van der Waals surface area contributed by atoms with Gasteiger partial charge in [0.25, 0.3) is 0 Å². The van der Waals surface area contributed by atoms with E-state index in [1.165, 1.54) is 0 Å². The van der Waals surface area contributed by atoms with Crippen LogP contribution in [0.25, 0.3) is 0 Å². The molecule has 0 spiro atoms. The van der Waals surface area contributed by atoms with Crippen LogP contribution >= 0.6 is 0 Å². The number of carboxylic acids is 1. The number of aliphatic carboxylic acids is 1. The van der Waals surface area contributed by atoms with Crippen LogP contribution in [0.2, 0.25) is 0 Å². The number of methoxy groups -OCH3 is 1. The van der Waals surface area contributed by atoms with Crippen molar-refractivity contribution in [2.75, 3.05) is 33.4 Å². The lowest BCUT2D eigenvalue weighted by Crippen LogP contribution is -2.55. The van der Waals surface area contributed by atoms with E-state index in [9.17, 15) is 4.79 Å². The van der Waals surface area contributed by atoms with Crippen molar-refractivity contribution in [2.45, 2.75) is 25.3 Å². The number of rotatable bonds is 5. The molecule has 1 heterocycles. The third-order valence-corrected chi connectivity index (χ3v) is 3.15. The molecule has 0 saturated carbocycles. The van der Waals surface area contributed by atoms with Crippen LogP contribution in [0, 0.1) is 5.92 Å². The zero-order chi connectivity index (χ0) is 12.2. The Morgan fingerprint density at radius 2 is 2.12 bits per heavy atom. The second-order valence-corrected chi connectivity index (χ2v) is 4.90. The molecule has 1 rings (SSSR count). The quantitative estimate of drug-likeness (QED) is 0.703. The summed E-state index contributed by atoms with van der Waals surface area (Å²) < 4.78 is 5.12. The molecule has 0 bridgehead atoms. The van der Waals surface area contributed by atoms with Crippen LogP contribution in [0.4, 0.5) is 0 Å². The molecule has 0 aromatic carbocycles. The summed E-state index contributed by atoms with van der Waals surface area (Å²) in [6, 6.07) is 0. The summed E-state index contributed by atoms with van der Waals surface area (Å²) in [5.74, 6) is -0.332. The maximum absolute atomic E-state index is 10.9. The summed E-state index contributed by atoms with van der Waals surface area (Å²) in [5, 5.41) is 8.94. The van der Waals surface area contributed by atoms with Gasteiger partial charge in [0, 0.05) is 20.3 Å². The number of ether oxygens (including phenoxy) is 1. The molecule has 3 N–H and O–H groups in total. The minimum Gasteiger partial charge on any atom is -0.480 e. The summed E-state index contributed by atoms with van der Waals surface area (Å²) in [6.45, 7) is 4.60. The van der Waals surface area contributed by atoms with Gasteiger partial charge in [-0.1, -0.05) is 0 Å². The highest BCUT2D eigenvalue weighted by Crippen LogP contribution is 2.18. The molecule has 16 heavy (non-hydrogen) atoms. The van der Waals surface area contributed by atoms with Crippen molar-refractivity contribution in [1.29, 1.82) is 0 Å². The second-order valence-electron chi connectivity index (χ2n) is 4.90. The number of nitrogens with zero attached hydrogens (tertiary/aromatic N) is 1. The van der Waals surface area contributed by atoms with E-state index >= 15 is 0 Å². The van der Waals surface area contributed by atoms with Gasteiger partial charge in [-0.2, -0.15) is 0 Å². The maximum Gasteiger partial charge on any atom is 0.324 e. The van der Waals surface area contributed by atoms with E-state index in [0.717, 1.165) is 32.5 Å². The van der Waals surface area contributed by atoms with Crippen LogP contribution in [0.3, 0.4) is 0 Å². The van der Waals surface area contributed by atoms with E-state index in [-0.39, 0.29) is 0 Å². The average Bonchev–Trinajstić information content (AvgIpc) is 2.21. The highest BCUT2D eigenvalue weighted by atomic mass is 16.5.